The van der Waals surface area contributed by atoms with E-state index >= 15 is 0 Å². The quantitative estimate of drug-likeness (QED) is 0.246. The predicted molar refractivity (Wildman–Crippen MR) is 74.4 cm³/mol. The Labute approximate surface area is 124 Å². The molecule has 0 unspecified atom stereocenters. The Morgan fingerprint density at radius 2 is 1.28 bits per heavy atom. The molecular weight excluding hydrogens is 235 g/mol. The van der Waals surface area contributed by atoms with Crippen LogP contribution in [0.5, 0.6) is 0 Å². The van der Waals surface area contributed by atoms with Crippen LogP contribution in [0.4, 0.5) is 0 Å². The van der Waals surface area contributed by atoms with Gasteiger partial charge >= 0.3 is 18.9 Å². The first-order valence-electron chi connectivity index (χ1n) is 5.24. The number of hydrogen-bond donors (Lipinski definition) is 0. The summed E-state index contributed by atoms with van der Waals surface area (Å²) >= 11 is 4.67. The molecule has 0 aliphatic heterocycles. The van der Waals surface area contributed by atoms with Crippen LogP contribution in [0.3, 0.4) is 0 Å². The van der Waals surface area contributed by atoms with E-state index in [0.717, 1.165) is 16.8 Å². The van der Waals surface area contributed by atoms with E-state index in [9.17, 15) is 0 Å². The number of hydrogen-bond acceptors (Lipinski definition) is 3. The molecule has 0 heterocycles. The molecule has 0 bridgehead atoms. The molecule has 0 atom stereocenters. The molecule has 2 aromatic rings. The first kappa shape index (κ1) is 14.7. The van der Waals surface area contributed by atoms with Gasteiger partial charge in [0.2, 0.25) is 0 Å². The SMILES string of the molecule is [Li+].[S-]C=NN=C(c1ccccc1)c1ccccc1. The maximum atomic E-state index is 4.67. The van der Waals surface area contributed by atoms with Gasteiger partial charge in [0.15, 0.2) is 0 Å². The van der Waals surface area contributed by atoms with Gasteiger partial charge in [-0.25, -0.2) is 0 Å². The molecule has 0 aliphatic rings. The number of rotatable bonds is 3. The third-order valence-electron chi connectivity index (χ3n) is 2.30. The van der Waals surface area contributed by atoms with E-state index in [0.29, 0.717) is 0 Å². The van der Waals surface area contributed by atoms with Gasteiger partial charge in [-0.15, -0.1) is 0 Å². The van der Waals surface area contributed by atoms with Crippen LogP contribution in [-0.4, -0.2) is 11.3 Å². The molecule has 0 N–H and O–H groups in total. The van der Waals surface area contributed by atoms with Crippen molar-refractivity contribution in [2.24, 2.45) is 10.2 Å². The molecule has 4 heteroatoms. The molecule has 0 spiro atoms. The molecule has 18 heavy (non-hydrogen) atoms. The van der Waals surface area contributed by atoms with Gasteiger partial charge in [0.25, 0.3) is 0 Å². The van der Waals surface area contributed by atoms with Crippen LogP contribution in [0.2, 0.25) is 0 Å². The average molecular weight is 246 g/mol. The third-order valence-corrected chi connectivity index (χ3v) is 2.39. The molecular formula is C14H11LiN2S. The van der Waals surface area contributed by atoms with E-state index in [1.54, 1.807) is 0 Å². The molecule has 0 aromatic heterocycles. The fourth-order valence-corrected chi connectivity index (χ4v) is 1.60. The smallest absolute Gasteiger partial charge is 0.766 e. The summed E-state index contributed by atoms with van der Waals surface area (Å²) in [6.45, 7) is 0. The standard InChI is InChI=1S/C14H12N2S.Li/c17-11-15-16-14(12-7-3-1-4-8-12)13-9-5-2-6-10-13;/h1-11H,(H,15,17);/q;+1/p-1. The Bertz CT molecular complexity index is 483. The van der Waals surface area contributed by atoms with Crippen LogP contribution in [0.25, 0.3) is 0 Å². The molecule has 0 radical (unpaired) electrons. The van der Waals surface area contributed by atoms with E-state index in [2.05, 4.69) is 22.8 Å². The van der Waals surface area contributed by atoms with Crippen molar-refractivity contribution in [3.05, 3.63) is 71.8 Å². The Morgan fingerprint density at radius 1 is 0.833 bits per heavy atom. The maximum Gasteiger partial charge on any atom is 1.00 e. The second-order valence-electron chi connectivity index (χ2n) is 3.40. The Morgan fingerprint density at radius 3 is 1.67 bits per heavy atom. The van der Waals surface area contributed by atoms with Crippen LogP contribution in [0, 0.1) is 0 Å². The van der Waals surface area contributed by atoms with Crippen LogP contribution < -0.4 is 18.9 Å². The zero-order valence-corrected chi connectivity index (χ0v) is 11.0. The number of benzene rings is 2. The zero-order chi connectivity index (χ0) is 11.9. The minimum Gasteiger partial charge on any atom is -0.766 e. The molecule has 2 nitrogen and oxygen atoms in total. The minimum absolute atomic E-state index is 0. The van der Waals surface area contributed by atoms with Crippen molar-refractivity contribution in [2.75, 3.05) is 0 Å². The second kappa shape index (κ2) is 7.83. The van der Waals surface area contributed by atoms with Gasteiger partial charge < -0.3 is 12.6 Å². The van der Waals surface area contributed by atoms with Crippen LogP contribution >= 0.6 is 0 Å². The Hall–Kier alpha value is -1.40. The van der Waals surface area contributed by atoms with Gasteiger partial charge in [-0.05, 0) is 0 Å². The Kier molecular flexibility index (Phi) is 6.38. The van der Waals surface area contributed by atoms with Crippen LogP contribution in [-0.2, 0) is 12.6 Å². The van der Waals surface area contributed by atoms with Crippen molar-refractivity contribution in [3.8, 4) is 0 Å². The zero-order valence-electron chi connectivity index (χ0n) is 10.2. The average Bonchev–Trinajstić information content (AvgIpc) is 2.42. The van der Waals surface area contributed by atoms with Crippen molar-refractivity contribution >= 4 is 23.9 Å². The van der Waals surface area contributed by atoms with Gasteiger partial charge in [-0.1, -0.05) is 66.2 Å². The van der Waals surface area contributed by atoms with E-state index in [-0.39, 0.29) is 18.9 Å². The summed E-state index contributed by atoms with van der Waals surface area (Å²) in [6.07, 6.45) is 0. The van der Waals surface area contributed by atoms with E-state index in [1.165, 1.54) is 5.55 Å². The minimum atomic E-state index is 0. The fraction of sp³-hybridized carbons (Fsp3) is 0. The summed E-state index contributed by atoms with van der Waals surface area (Å²) in [6, 6.07) is 19.9. The van der Waals surface area contributed by atoms with Crippen molar-refractivity contribution in [1.29, 1.82) is 0 Å². The van der Waals surface area contributed by atoms with Gasteiger partial charge in [0, 0.05) is 11.1 Å². The Balaban J connectivity index is 0.00000162. The summed E-state index contributed by atoms with van der Waals surface area (Å²) in [5, 5.41) is 7.97. The van der Waals surface area contributed by atoms with E-state index in [4.69, 9.17) is 0 Å². The first-order chi connectivity index (χ1) is 8.42. The van der Waals surface area contributed by atoms with Crippen molar-refractivity contribution in [1.82, 2.24) is 0 Å². The summed E-state index contributed by atoms with van der Waals surface area (Å²) in [7, 11) is 0. The molecule has 0 aliphatic carbocycles. The molecule has 2 rings (SSSR count). The molecule has 84 valence electrons. The summed E-state index contributed by atoms with van der Waals surface area (Å²) in [4.78, 5) is 0. The second-order valence-corrected chi connectivity index (χ2v) is 3.61. The fourth-order valence-electron chi connectivity index (χ4n) is 1.56. The van der Waals surface area contributed by atoms with E-state index in [1.807, 2.05) is 60.7 Å². The monoisotopic (exact) mass is 246 g/mol. The molecule has 2 aromatic carbocycles. The van der Waals surface area contributed by atoms with Gasteiger partial charge in [0.05, 0.1) is 5.71 Å². The van der Waals surface area contributed by atoms with Crippen molar-refractivity contribution in [2.45, 2.75) is 0 Å². The molecule has 0 saturated carbocycles. The van der Waals surface area contributed by atoms with Crippen LogP contribution in [0.15, 0.2) is 70.9 Å². The molecule has 0 amide bonds. The predicted octanol–water partition coefficient (Wildman–Crippen LogP) is 0.0182. The van der Waals surface area contributed by atoms with Gasteiger partial charge in [0.1, 0.15) is 0 Å². The van der Waals surface area contributed by atoms with Crippen molar-refractivity contribution < 1.29 is 18.9 Å². The normalized spacial score (nSPS) is 9.78. The molecule has 0 saturated heterocycles. The van der Waals surface area contributed by atoms with Gasteiger partial charge in [-0.3, -0.25) is 0 Å². The largest absolute Gasteiger partial charge is 1.00 e. The summed E-state index contributed by atoms with van der Waals surface area (Å²) < 4.78 is 0. The maximum absolute atomic E-state index is 4.67. The summed E-state index contributed by atoms with van der Waals surface area (Å²) in [5.41, 5.74) is 4.15. The van der Waals surface area contributed by atoms with Crippen LogP contribution in [0.1, 0.15) is 11.1 Å². The molecule has 0 fully saturated rings. The van der Waals surface area contributed by atoms with E-state index < -0.39 is 0 Å². The summed E-state index contributed by atoms with van der Waals surface area (Å²) in [5.74, 6) is 0. The first-order valence-corrected chi connectivity index (χ1v) is 5.71. The number of nitrogens with zero attached hydrogens (tertiary/aromatic N) is 2. The third kappa shape index (κ3) is 3.82. The van der Waals surface area contributed by atoms with Gasteiger partial charge in [-0.2, -0.15) is 10.2 Å². The topological polar surface area (TPSA) is 24.7 Å². The van der Waals surface area contributed by atoms with Crippen molar-refractivity contribution in [3.63, 3.8) is 0 Å².